The zero-order valence-electron chi connectivity index (χ0n) is 12.0. The Hall–Kier alpha value is -2.28. The van der Waals surface area contributed by atoms with E-state index in [1.54, 1.807) is 31.2 Å². The molecule has 2 N–H and O–H groups in total. The van der Waals surface area contributed by atoms with Gasteiger partial charge < -0.3 is 15.4 Å². The fourth-order valence-electron chi connectivity index (χ4n) is 1.81. The molecule has 1 fully saturated rings. The van der Waals surface area contributed by atoms with E-state index in [1.165, 1.54) is 6.08 Å². The van der Waals surface area contributed by atoms with E-state index in [1.807, 2.05) is 6.07 Å². The molecule has 1 aliphatic heterocycles. The summed E-state index contributed by atoms with van der Waals surface area (Å²) in [4.78, 5) is 35.6. The van der Waals surface area contributed by atoms with Gasteiger partial charge in [-0.3, -0.25) is 9.59 Å². The molecule has 1 atom stereocenters. The predicted molar refractivity (Wildman–Crippen MR) is 84.2 cm³/mol. The number of carbonyl (C=O) groups excluding carboxylic acids is 3. The van der Waals surface area contributed by atoms with E-state index in [2.05, 4.69) is 10.6 Å². The Bertz CT molecular complexity index is 601. The average molecular weight is 320 g/mol. The first-order valence-corrected chi connectivity index (χ1v) is 7.76. The molecule has 2 rings (SSSR count). The Labute approximate surface area is 132 Å². The SMILES string of the molecule is CCOC(=O)C1CS/C(=C/C(=O)Nc2ccccc2)C(=O)N1. The summed E-state index contributed by atoms with van der Waals surface area (Å²) < 4.78 is 4.86. The Balaban J connectivity index is 1.94. The van der Waals surface area contributed by atoms with Gasteiger partial charge in [-0.25, -0.2) is 4.79 Å². The van der Waals surface area contributed by atoms with Crippen LogP contribution in [0.1, 0.15) is 6.92 Å². The molecule has 22 heavy (non-hydrogen) atoms. The van der Waals surface area contributed by atoms with E-state index in [0.29, 0.717) is 11.4 Å². The number of thioether (sulfide) groups is 1. The summed E-state index contributed by atoms with van der Waals surface area (Å²) in [6, 6.07) is 8.27. The molecule has 116 valence electrons. The molecule has 0 spiro atoms. The minimum absolute atomic E-state index is 0.262. The van der Waals surface area contributed by atoms with Gasteiger partial charge in [0.25, 0.3) is 5.91 Å². The molecule has 1 saturated heterocycles. The maximum atomic E-state index is 11.9. The number of benzene rings is 1. The third kappa shape index (κ3) is 4.36. The van der Waals surface area contributed by atoms with Gasteiger partial charge in [0.2, 0.25) is 5.91 Å². The number of amides is 2. The van der Waals surface area contributed by atoms with E-state index in [4.69, 9.17) is 4.74 Å². The molecule has 1 unspecified atom stereocenters. The fourth-order valence-corrected chi connectivity index (χ4v) is 2.75. The van der Waals surface area contributed by atoms with Crippen molar-refractivity contribution in [3.05, 3.63) is 41.3 Å². The maximum Gasteiger partial charge on any atom is 0.329 e. The fraction of sp³-hybridized carbons (Fsp3) is 0.267. The van der Waals surface area contributed by atoms with Crippen molar-refractivity contribution in [2.24, 2.45) is 0 Å². The third-order valence-corrected chi connectivity index (χ3v) is 3.92. The highest BCUT2D eigenvalue weighted by Crippen LogP contribution is 2.22. The van der Waals surface area contributed by atoms with Gasteiger partial charge in [0.15, 0.2) is 0 Å². The van der Waals surface area contributed by atoms with Crippen LogP contribution in [0.2, 0.25) is 0 Å². The molecule has 0 saturated carbocycles. The largest absolute Gasteiger partial charge is 0.464 e. The lowest BCUT2D eigenvalue weighted by Gasteiger charge is -2.22. The standard InChI is InChI=1S/C15H16N2O4S/c1-2-21-15(20)11-9-22-12(14(19)17-11)8-13(18)16-10-6-4-3-5-7-10/h3-8,11H,2,9H2,1H3,(H,16,18)(H,17,19)/b12-8+. The summed E-state index contributed by atoms with van der Waals surface area (Å²) in [6.07, 6.45) is 1.23. The van der Waals surface area contributed by atoms with Crippen molar-refractivity contribution in [1.29, 1.82) is 0 Å². The second kappa shape index (κ2) is 7.65. The third-order valence-electron chi connectivity index (χ3n) is 2.81. The Morgan fingerprint density at radius 1 is 1.41 bits per heavy atom. The monoisotopic (exact) mass is 320 g/mol. The highest BCUT2D eigenvalue weighted by Gasteiger charge is 2.29. The van der Waals surface area contributed by atoms with Crippen molar-refractivity contribution < 1.29 is 19.1 Å². The van der Waals surface area contributed by atoms with Crippen molar-refractivity contribution in [2.75, 3.05) is 17.7 Å². The molecule has 0 aromatic heterocycles. The number of carbonyl (C=O) groups is 3. The normalized spacial score (nSPS) is 19.4. The number of para-hydroxylation sites is 1. The smallest absolute Gasteiger partial charge is 0.329 e. The van der Waals surface area contributed by atoms with Crippen molar-refractivity contribution in [3.8, 4) is 0 Å². The molecule has 0 radical (unpaired) electrons. The second-order valence-corrected chi connectivity index (χ2v) is 5.51. The molecule has 0 aliphatic carbocycles. The lowest BCUT2D eigenvalue weighted by molar-refractivity contribution is -0.146. The Morgan fingerprint density at radius 2 is 2.14 bits per heavy atom. The summed E-state index contributed by atoms with van der Waals surface area (Å²) in [5.74, 6) is -0.957. The number of esters is 1. The highest BCUT2D eigenvalue weighted by atomic mass is 32.2. The summed E-state index contributed by atoms with van der Waals surface area (Å²) >= 11 is 1.16. The number of hydrogen-bond acceptors (Lipinski definition) is 5. The van der Waals surface area contributed by atoms with Crippen LogP contribution in [0, 0.1) is 0 Å². The molecule has 0 bridgehead atoms. The number of hydrogen-bond donors (Lipinski definition) is 2. The van der Waals surface area contributed by atoms with Crippen LogP contribution in [-0.4, -0.2) is 36.2 Å². The van der Waals surface area contributed by atoms with E-state index >= 15 is 0 Å². The van der Waals surface area contributed by atoms with Gasteiger partial charge in [0, 0.05) is 17.5 Å². The van der Waals surface area contributed by atoms with E-state index in [-0.39, 0.29) is 11.5 Å². The number of nitrogens with one attached hydrogen (secondary N) is 2. The van der Waals surface area contributed by atoms with Gasteiger partial charge in [-0.2, -0.15) is 0 Å². The van der Waals surface area contributed by atoms with Gasteiger partial charge in [-0.05, 0) is 19.1 Å². The minimum Gasteiger partial charge on any atom is -0.464 e. The van der Waals surface area contributed by atoms with Crippen LogP contribution in [-0.2, 0) is 19.1 Å². The number of anilines is 1. The van der Waals surface area contributed by atoms with Crippen LogP contribution >= 0.6 is 11.8 Å². The molecule has 1 heterocycles. The van der Waals surface area contributed by atoms with E-state index in [0.717, 1.165) is 11.8 Å². The van der Waals surface area contributed by atoms with E-state index < -0.39 is 23.8 Å². The van der Waals surface area contributed by atoms with Crippen molar-refractivity contribution in [1.82, 2.24) is 5.32 Å². The first-order chi connectivity index (χ1) is 10.6. The van der Waals surface area contributed by atoms with Crippen LogP contribution in [0.25, 0.3) is 0 Å². The zero-order chi connectivity index (χ0) is 15.9. The summed E-state index contributed by atoms with van der Waals surface area (Å²) in [5, 5.41) is 5.20. The predicted octanol–water partition coefficient (Wildman–Crippen LogP) is 1.30. The highest BCUT2D eigenvalue weighted by molar-refractivity contribution is 8.04. The van der Waals surface area contributed by atoms with Crippen molar-refractivity contribution in [2.45, 2.75) is 13.0 Å². The van der Waals surface area contributed by atoms with Crippen LogP contribution in [0.15, 0.2) is 41.3 Å². The van der Waals surface area contributed by atoms with Gasteiger partial charge in [0.05, 0.1) is 11.5 Å². The van der Waals surface area contributed by atoms with Gasteiger partial charge in [-0.1, -0.05) is 18.2 Å². The first kappa shape index (κ1) is 16.1. The number of ether oxygens (including phenoxy) is 1. The lowest BCUT2D eigenvalue weighted by Crippen LogP contribution is -2.47. The number of rotatable bonds is 4. The molecule has 1 aliphatic rings. The molecule has 7 heteroatoms. The van der Waals surface area contributed by atoms with Crippen molar-refractivity contribution >= 4 is 35.2 Å². The van der Waals surface area contributed by atoms with Crippen LogP contribution < -0.4 is 10.6 Å². The Kier molecular flexibility index (Phi) is 5.60. The van der Waals surface area contributed by atoms with Gasteiger partial charge in [-0.15, -0.1) is 11.8 Å². The van der Waals surface area contributed by atoms with Gasteiger partial charge >= 0.3 is 5.97 Å². The van der Waals surface area contributed by atoms with Crippen LogP contribution in [0.3, 0.4) is 0 Å². The maximum absolute atomic E-state index is 11.9. The first-order valence-electron chi connectivity index (χ1n) is 6.78. The Morgan fingerprint density at radius 3 is 2.77 bits per heavy atom. The summed E-state index contributed by atoms with van der Waals surface area (Å²) in [6.45, 7) is 1.97. The lowest BCUT2D eigenvalue weighted by atomic mass is 10.3. The summed E-state index contributed by atoms with van der Waals surface area (Å²) in [7, 11) is 0. The van der Waals surface area contributed by atoms with Crippen LogP contribution in [0.4, 0.5) is 5.69 Å². The topological polar surface area (TPSA) is 84.5 Å². The minimum atomic E-state index is -0.674. The van der Waals surface area contributed by atoms with E-state index in [9.17, 15) is 14.4 Å². The molecule has 2 amide bonds. The zero-order valence-corrected chi connectivity index (χ0v) is 12.8. The molecule has 1 aromatic rings. The van der Waals surface area contributed by atoms with Crippen LogP contribution in [0.5, 0.6) is 0 Å². The molecule has 6 nitrogen and oxygen atoms in total. The summed E-state index contributed by atoms with van der Waals surface area (Å²) in [5.41, 5.74) is 0.648. The molecular formula is C15H16N2O4S. The van der Waals surface area contributed by atoms with Crippen molar-refractivity contribution in [3.63, 3.8) is 0 Å². The average Bonchev–Trinajstić information content (AvgIpc) is 2.50. The quantitative estimate of drug-likeness (QED) is 0.645. The second-order valence-electron chi connectivity index (χ2n) is 4.45. The molecule has 1 aromatic carbocycles. The van der Waals surface area contributed by atoms with Gasteiger partial charge in [0.1, 0.15) is 6.04 Å². The molecular weight excluding hydrogens is 304 g/mol.